The summed E-state index contributed by atoms with van der Waals surface area (Å²) in [5.74, 6) is -0.0217. The van der Waals surface area contributed by atoms with Crippen LogP contribution >= 0.6 is 0 Å². The first-order valence-electron chi connectivity index (χ1n) is 7.69. The molecule has 1 nitrogen and oxygen atoms in total. The zero-order valence-electron chi connectivity index (χ0n) is 14.9. The molecule has 0 unspecified atom stereocenters. The van der Waals surface area contributed by atoms with E-state index in [1.54, 1.807) is 12.1 Å². The summed E-state index contributed by atoms with van der Waals surface area (Å²) in [4.78, 5) is 12.6. The molecule has 0 N–H and O–H groups in total. The first kappa shape index (κ1) is 20.3. The SMILES string of the molecule is CC(C)(C)c1c[c-]c(C(=O)c2[c-]cccc2)cc1C(C)(C)C.[Y]. The molecule has 0 aliphatic carbocycles. The first-order chi connectivity index (χ1) is 10.1. The zero-order chi connectivity index (χ0) is 16.5. The normalized spacial score (nSPS) is 11.7. The molecule has 0 atom stereocenters. The van der Waals surface area contributed by atoms with Gasteiger partial charge < -0.3 is 4.79 Å². The molecule has 0 amide bonds. The molecule has 23 heavy (non-hydrogen) atoms. The molecule has 0 fully saturated rings. The predicted molar refractivity (Wildman–Crippen MR) is 91.4 cm³/mol. The molecule has 0 aromatic heterocycles. The van der Waals surface area contributed by atoms with E-state index in [1.807, 2.05) is 24.3 Å². The maximum atomic E-state index is 12.6. The van der Waals surface area contributed by atoms with Crippen LogP contribution in [0.3, 0.4) is 0 Å². The summed E-state index contributed by atoms with van der Waals surface area (Å²) in [5.41, 5.74) is 3.65. The number of hydrogen-bond donors (Lipinski definition) is 0. The molecule has 119 valence electrons. The van der Waals surface area contributed by atoms with Crippen LogP contribution in [0.2, 0.25) is 0 Å². The van der Waals surface area contributed by atoms with Crippen LogP contribution in [0, 0.1) is 12.1 Å². The van der Waals surface area contributed by atoms with Gasteiger partial charge in [0.2, 0.25) is 0 Å². The fraction of sp³-hybridized carbons (Fsp3) is 0.381. The Balaban J connectivity index is 0.00000264. The van der Waals surface area contributed by atoms with Crippen molar-refractivity contribution in [3.63, 3.8) is 0 Å². The number of carbonyl (C=O) groups excluding carboxylic acids is 1. The van der Waals surface area contributed by atoms with Crippen molar-refractivity contribution in [1.29, 1.82) is 0 Å². The topological polar surface area (TPSA) is 17.1 Å². The van der Waals surface area contributed by atoms with Crippen LogP contribution in [0.15, 0.2) is 36.4 Å². The standard InChI is InChI=1S/C21H24O.Y/c1-20(2,3)17-13-12-16(14-18(17)21(4,5)6)19(22)15-10-8-7-9-11-15;/h7-10,13-14H,1-6H3;/q-2;. The van der Waals surface area contributed by atoms with E-state index in [1.165, 1.54) is 11.1 Å². The largest absolute Gasteiger partial charge is 0.348 e. The van der Waals surface area contributed by atoms with E-state index in [0.29, 0.717) is 11.1 Å². The van der Waals surface area contributed by atoms with Gasteiger partial charge in [-0.15, -0.1) is 70.8 Å². The number of ketones is 1. The fourth-order valence-electron chi connectivity index (χ4n) is 2.54. The maximum Gasteiger partial charge on any atom is 0.0895 e. The second kappa shape index (κ2) is 7.40. The van der Waals surface area contributed by atoms with E-state index >= 15 is 0 Å². The van der Waals surface area contributed by atoms with Gasteiger partial charge in [0.1, 0.15) is 0 Å². The Morgan fingerprint density at radius 2 is 1.48 bits per heavy atom. The number of rotatable bonds is 2. The van der Waals surface area contributed by atoms with Crippen molar-refractivity contribution in [2.24, 2.45) is 0 Å². The molecule has 0 heterocycles. The van der Waals surface area contributed by atoms with Crippen molar-refractivity contribution < 1.29 is 37.5 Å². The van der Waals surface area contributed by atoms with Crippen molar-refractivity contribution in [2.75, 3.05) is 0 Å². The maximum absolute atomic E-state index is 12.6. The smallest absolute Gasteiger partial charge is 0.0895 e. The van der Waals surface area contributed by atoms with E-state index in [-0.39, 0.29) is 49.3 Å². The van der Waals surface area contributed by atoms with Crippen molar-refractivity contribution in [3.8, 4) is 0 Å². The van der Waals surface area contributed by atoms with E-state index in [0.717, 1.165) is 0 Å². The van der Waals surface area contributed by atoms with Crippen LogP contribution < -0.4 is 0 Å². The van der Waals surface area contributed by atoms with Crippen molar-refractivity contribution in [1.82, 2.24) is 0 Å². The molecule has 0 saturated heterocycles. The number of hydrogen-bond acceptors (Lipinski definition) is 1. The molecule has 0 aliphatic rings. The molecule has 0 aliphatic heterocycles. The van der Waals surface area contributed by atoms with Crippen molar-refractivity contribution in [2.45, 2.75) is 52.4 Å². The molecule has 0 spiro atoms. The summed E-state index contributed by atoms with van der Waals surface area (Å²) in [6.07, 6.45) is 0. The Bertz CT molecular complexity index is 673. The number of carbonyl (C=O) groups is 1. The Kier molecular flexibility index (Phi) is 6.52. The van der Waals surface area contributed by atoms with Crippen molar-refractivity contribution in [3.05, 3.63) is 70.8 Å². The Hall–Kier alpha value is -0.786. The molecule has 2 heteroatoms. The van der Waals surface area contributed by atoms with E-state index < -0.39 is 0 Å². The van der Waals surface area contributed by atoms with Gasteiger partial charge in [-0.05, 0) is 10.8 Å². The molecular formula is C21H24OY-2. The molecule has 0 saturated carbocycles. The summed E-state index contributed by atoms with van der Waals surface area (Å²) in [6.45, 7) is 13.1. The molecule has 2 aromatic rings. The minimum Gasteiger partial charge on any atom is -0.348 e. The van der Waals surface area contributed by atoms with Gasteiger partial charge >= 0.3 is 0 Å². The second-order valence-electron chi connectivity index (χ2n) is 7.78. The van der Waals surface area contributed by atoms with Crippen LogP contribution in [0.1, 0.15) is 68.6 Å². The third-order valence-corrected chi connectivity index (χ3v) is 3.77. The van der Waals surface area contributed by atoms with Crippen LogP contribution in [-0.2, 0) is 43.5 Å². The molecular weight excluding hydrogens is 357 g/mol. The fourth-order valence-corrected chi connectivity index (χ4v) is 2.54. The molecule has 1 radical (unpaired) electrons. The second-order valence-corrected chi connectivity index (χ2v) is 7.78. The average Bonchev–Trinajstić information content (AvgIpc) is 2.45. The van der Waals surface area contributed by atoms with Gasteiger partial charge in [0.15, 0.2) is 0 Å². The molecule has 2 aromatic carbocycles. The molecule has 2 rings (SSSR count). The van der Waals surface area contributed by atoms with Crippen LogP contribution in [0.25, 0.3) is 0 Å². The first-order valence-corrected chi connectivity index (χ1v) is 7.69. The Morgan fingerprint density at radius 1 is 0.870 bits per heavy atom. The summed E-state index contributed by atoms with van der Waals surface area (Å²) >= 11 is 0. The van der Waals surface area contributed by atoms with Gasteiger partial charge in [-0.3, -0.25) is 0 Å². The Morgan fingerprint density at radius 3 is 1.96 bits per heavy atom. The molecule has 0 bridgehead atoms. The number of benzene rings is 2. The van der Waals surface area contributed by atoms with E-state index in [9.17, 15) is 4.79 Å². The summed E-state index contributed by atoms with van der Waals surface area (Å²) in [6, 6.07) is 17.5. The summed E-state index contributed by atoms with van der Waals surface area (Å²) in [5, 5.41) is 0. The Labute approximate surface area is 165 Å². The monoisotopic (exact) mass is 381 g/mol. The average molecular weight is 381 g/mol. The minimum absolute atomic E-state index is 0. The van der Waals surface area contributed by atoms with Gasteiger partial charge in [-0.25, -0.2) is 0 Å². The predicted octanol–water partition coefficient (Wildman–Crippen LogP) is 5.11. The van der Waals surface area contributed by atoms with E-state index in [2.05, 4.69) is 53.7 Å². The van der Waals surface area contributed by atoms with Gasteiger partial charge in [-0.2, -0.15) is 0 Å². The van der Waals surface area contributed by atoms with Gasteiger partial charge in [0, 0.05) is 32.7 Å². The third kappa shape index (κ3) is 4.84. The third-order valence-electron chi connectivity index (χ3n) is 3.77. The van der Waals surface area contributed by atoms with Crippen LogP contribution in [-0.4, -0.2) is 5.78 Å². The minimum atomic E-state index is -0.0217. The van der Waals surface area contributed by atoms with Gasteiger partial charge in [0.25, 0.3) is 0 Å². The quantitative estimate of drug-likeness (QED) is 0.522. The summed E-state index contributed by atoms with van der Waals surface area (Å²) in [7, 11) is 0. The van der Waals surface area contributed by atoms with Gasteiger partial charge in [0.05, 0.1) is 5.78 Å². The zero-order valence-corrected chi connectivity index (χ0v) is 17.8. The van der Waals surface area contributed by atoms with E-state index in [4.69, 9.17) is 0 Å². The van der Waals surface area contributed by atoms with Crippen molar-refractivity contribution >= 4 is 5.78 Å². The van der Waals surface area contributed by atoms with Crippen LogP contribution in [0.4, 0.5) is 0 Å². The summed E-state index contributed by atoms with van der Waals surface area (Å²) < 4.78 is 0. The van der Waals surface area contributed by atoms with Crippen LogP contribution in [0.5, 0.6) is 0 Å². The van der Waals surface area contributed by atoms with Gasteiger partial charge in [-0.1, -0.05) is 41.5 Å².